The molecule has 2 heterocycles. The van der Waals surface area contributed by atoms with Gasteiger partial charge in [0.1, 0.15) is 12.7 Å². The highest BCUT2D eigenvalue weighted by Crippen LogP contribution is 2.12. The minimum atomic E-state index is 0.358. The first-order valence-electron chi connectivity index (χ1n) is 3.89. The van der Waals surface area contributed by atoms with Crippen LogP contribution in [-0.2, 0) is 11.3 Å². The molecule has 2 rings (SSSR count). The Morgan fingerprint density at radius 1 is 1.64 bits per heavy atom. The van der Waals surface area contributed by atoms with Gasteiger partial charge in [0.25, 0.3) is 0 Å². The third-order valence-electron chi connectivity index (χ3n) is 1.88. The van der Waals surface area contributed by atoms with Crippen LogP contribution in [0.3, 0.4) is 0 Å². The lowest BCUT2D eigenvalue weighted by atomic mass is 10.2. The summed E-state index contributed by atoms with van der Waals surface area (Å²) in [6, 6.07) is 0. The Bertz CT molecular complexity index is 203. The number of nitrogens with zero attached hydrogens (tertiary/aromatic N) is 3. The maximum Gasteiger partial charge on any atom is 0.137 e. The van der Waals surface area contributed by atoms with Crippen LogP contribution >= 0.6 is 0 Å². The van der Waals surface area contributed by atoms with Crippen LogP contribution in [0.4, 0.5) is 0 Å². The monoisotopic (exact) mass is 153 g/mol. The molecule has 0 saturated carbocycles. The molecule has 1 aromatic heterocycles. The van der Waals surface area contributed by atoms with Crippen LogP contribution in [0.5, 0.6) is 0 Å². The van der Waals surface area contributed by atoms with E-state index in [-0.39, 0.29) is 0 Å². The van der Waals surface area contributed by atoms with E-state index < -0.39 is 0 Å². The van der Waals surface area contributed by atoms with E-state index in [1.807, 2.05) is 4.68 Å². The number of aromatic nitrogens is 3. The number of rotatable bonds is 2. The van der Waals surface area contributed by atoms with Crippen LogP contribution in [0.1, 0.15) is 12.8 Å². The fraction of sp³-hybridized carbons (Fsp3) is 0.714. The Morgan fingerprint density at radius 2 is 2.64 bits per heavy atom. The lowest BCUT2D eigenvalue weighted by Crippen LogP contribution is -2.14. The quantitative estimate of drug-likeness (QED) is 0.619. The smallest absolute Gasteiger partial charge is 0.137 e. The normalized spacial score (nSPS) is 24.2. The summed E-state index contributed by atoms with van der Waals surface area (Å²) in [5.74, 6) is 0. The van der Waals surface area contributed by atoms with Crippen LogP contribution in [0, 0.1) is 0 Å². The molecular weight excluding hydrogens is 142 g/mol. The molecule has 0 bridgehead atoms. The molecular formula is C7H11N3O. The average molecular weight is 153 g/mol. The van der Waals surface area contributed by atoms with E-state index in [0.717, 1.165) is 19.6 Å². The molecule has 4 nitrogen and oxygen atoms in total. The number of hydrogen-bond donors (Lipinski definition) is 0. The van der Waals surface area contributed by atoms with Crippen molar-refractivity contribution in [2.45, 2.75) is 25.5 Å². The largest absolute Gasteiger partial charge is 0.376 e. The van der Waals surface area contributed by atoms with Gasteiger partial charge in [-0.15, -0.1) is 0 Å². The molecule has 1 atom stereocenters. The zero-order valence-electron chi connectivity index (χ0n) is 6.31. The van der Waals surface area contributed by atoms with Crippen LogP contribution in [0.25, 0.3) is 0 Å². The van der Waals surface area contributed by atoms with Crippen molar-refractivity contribution in [3.63, 3.8) is 0 Å². The molecule has 60 valence electrons. The summed E-state index contributed by atoms with van der Waals surface area (Å²) in [6.07, 6.45) is 5.97. The molecule has 1 aliphatic heterocycles. The second-order valence-electron chi connectivity index (χ2n) is 2.75. The topological polar surface area (TPSA) is 39.9 Å². The molecule has 0 amide bonds. The summed E-state index contributed by atoms with van der Waals surface area (Å²) in [4.78, 5) is 3.86. The summed E-state index contributed by atoms with van der Waals surface area (Å²) in [5, 5.41) is 4.01. The SMILES string of the molecule is c1ncn(C[C@H]2CCCO2)n1. The predicted octanol–water partition coefficient (Wildman–Crippen LogP) is 0.457. The summed E-state index contributed by atoms with van der Waals surface area (Å²) < 4.78 is 7.25. The maximum absolute atomic E-state index is 5.44. The van der Waals surface area contributed by atoms with Gasteiger partial charge < -0.3 is 4.74 Å². The van der Waals surface area contributed by atoms with E-state index in [2.05, 4.69) is 10.1 Å². The molecule has 4 heteroatoms. The first kappa shape index (κ1) is 6.79. The van der Waals surface area contributed by atoms with Crippen molar-refractivity contribution in [2.24, 2.45) is 0 Å². The van der Waals surface area contributed by atoms with E-state index >= 15 is 0 Å². The zero-order valence-corrected chi connectivity index (χ0v) is 6.31. The minimum absolute atomic E-state index is 0.358. The van der Waals surface area contributed by atoms with Crippen molar-refractivity contribution >= 4 is 0 Å². The van der Waals surface area contributed by atoms with Crippen LogP contribution in [0.15, 0.2) is 12.7 Å². The van der Waals surface area contributed by atoms with Gasteiger partial charge in [-0.1, -0.05) is 0 Å². The summed E-state index contributed by atoms with van der Waals surface area (Å²) >= 11 is 0. The van der Waals surface area contributed by atoms with Crippen LogP contribution in [0.2, 0.25) is 0 Å². The van der Waals surface area contributed by atoms with Crippen LogP contribution in [-0.4, -0.2) is 27.5 Å². The third kappa shape index (κ3) is 1.57. The van der Waals surface area contributed by atoms with E-state index in [4.69, 9.17) is 4.74 Å². The second-order valence-corrected chi connectivity index (χ2v) is 2.75. The van der Waals surface area contributed by atoms with Gasteiger partial charge in [0, 0.05) is 6.61 Å². The lowest BCUT2D eigenvalue weighted by molar-refractivity contribution is 0.0939. The predicted molar refractivity (Wildman–Crippen MR) is 39.0 cm³/mol. The molecule has 0 aromatic carbocycles. The molecule has 1 aliphatic rings. The summed E-state index contributed by atoms with van der Waals surface area (Å²) in [7, 11) is 0. The first-order valence-corrected chi connectivity index (χ1v) is 3.89. The molecule has 0 unspecified atom stereocenters. The van der Waals surface area contributed by atoms with Crippen molar-refractivity contribution < 1.29 is 4.74 Å². The van der Waals surface area contributed by atoms with Gasteiger partial charge in [0.05, 0.1) is 12.6 Å². The summed E-state index contributed by atoms with van der Waals surface area (Å²) in [6.45, 7) is 1.75. The molecule has 1 aromatic rings. The van der Waals surface area contributed by atoms with Crippen molar-refractivity contribution in [3.05, 3.63) is 12.7 Å². The van der Waals surface area contributed by atoms with E-state index in [1.165, 1.54) is 6.42 Å². The third-order valence-corrected chi connectivity index (χ3v) is 1.88. The van der Waals surface area contributed by atoms with Crippen molar-refractivity contribution in [3.8, 4) is 0 Å². The standard InChI is InChI=1S/C7H11N3O/c1-2-7(11-3-1)4-10-6-8-5-9-10/h5-7H,1-4H2/t7-/m1/s1. The first-order chi connectivity index (χ1) is 5.45. The molecule has 0 aliphatic carbocycles. The Balaban J connectivity index is 1.90. The number of hydrogen-bond acceptors (Lipinski definition) is 3. The Labute approximate surface area is 65.2 Å². The summed E-state index contributed by atoms with van der Waals surface area (Å²) in [5.41, 5.74) is 0. The van der Waals surface area contributed by atoms with E-state index in [9.17, 15) is 0 Å². The lowest BCUT2D eigenvalue weighted by Gasteiger charge is -2.07. The average Bonchev–Trinajstić information content (AvgIpc) is 2.60. The van der Waals surface area contributed by atoms with Gasteiger partial charge in [-0.25, -0.2) is 4.98 Å². The highest BCUT2D eigenvalue weighted by Gasteiger charge is 2.15. The molecule has 0 N–H and O–H groups in total. The minimum Gasteiger partial charge on any atom is -0.376 e. The van der Waals surface area contributed by atoms with Gasteiger partial charge in [-0.05, 0) is 12.8 Å². The molecule has 1 fully saturated rings. The van der Waals surface area contributed by atoms with Gasteiger partial charge in [0.2, 0.25) is 0 Å². The highest BCUT2D eigenvalue weighted by molar-refractivity contribution is 4.66. The molecule has 0 spiro atoms. The molecule has 1 saturated heterocycles. The maximum atomic E-state index is 5.44. The molecule has 0 radical (unpaired) electrons. The highest BCUT2D eigenvalue weighted by atomic mass is 16.5. The molecule has 11 heavy (non-hydrogen) atoms. The van der Waals surface area contributed by atoms with Gasteiger partial charge >= 0.3 is 0 Å². The van der Waals surface area contributed by atoms with E-state index in [1.54, 1.807) is 12.7 Å². The van der Waals surface area contributed by atoms with Gasteiger partial charge in [-0.2, -0.15) is 5.10 Å². The van der Waals surface area contributed by atoms with Gasteiger partial charge in [0.15, 0.2) is 0 Å². The van der Waals surface area contributed by atoms with Crippen molar-refractivity contribution in [1.82, 2.24) is 14.8 Å². The Kier molecular flexibility index (Phi) is 1.85. The Hall–Kier alpha value is -0.900. The van der Waals surface area contributed by atoms with E-state index in [0.29, 0.717) is 6.10 Å². The Morgan fingerprint density at radius 3 is 3.27 bits per heavy atom. The van der Waals surface area contributed by atoms with Crippen LogP contribution < -0.4 is 0 Å². The second kappa shape index (κ2) is 3.00. The fourth-order valence-electron chi connectivity index (χ4n) is 1.32. The van der Waals surface area contributed by atoms with Crippen molar-refractivity contribution in [2.75, 3.05) is 6.61 Å². The van der Waals surface area contributed by atoms with Gasteiger partial charge in [-0.3, -0.25) is 4.68 Å². The fourth-order valence-corrected chi connectivity index (χ4v) is 1.32. The zero-order chi connectivity index (χ0) is 7.52. The number of ether oxygens (including phenoxy) is 1. The van der Waals surface area contributed by atoms with Crippen molar-refractivity contribution in [1.29, 1.82) is 0 Å².